The molecule has 1 aliphatic rings. The molecular weight excluding hydrogens is 317 g/mol. The number of hydrogen-bond acceptors (Lipinski definition) is 2. The molecule has 0 unspecified atom stereocenters. The van der Waals surface area contributed by atoms with Gasteiger partial charge in [-0.2, -0.15) is 0 Å². The molecule has 1 heterocycles. The highest BCUT2D eigenvalue weighted by Crippen LogP contribution is 2.37. The molecule has 0 aliphatic carbocycles. The van der Waals surface area contributed by atoms with E-state index in [1.807, 2.05) is 32.0 Å². The molecule has 1 aliphatic heterocycles. The van der Waals surface area contributed by atoms with Crippen LogP contribution in [0.25, 0.3) is 0 Å². The van der Waals surface area contributed by atoms with Gasteiger partial charge in [0.25, 0.3) is 5.91 Å². The second kappa shape index (κ2) is 6.13. The van der Waals surface area contributed by atoms with E-state index in [2.05, 4.69) is 6.58 Å². The number of amides is 1. The summed E-state index contributed by atoms with van der Waals surface area (Å²) < 4.78 is 13.1. The highest BCUT2D eigenvalue weighted by Gasteiger charge is 2.38. The summed E-state index contributed by atoms with van der Waals surface area (Å²) in [6.07, 6.45) is 0. The number of aryl methyl sites for hydroxylation is 2. The normalized spacial score (nSPS) is 14.5. The average Bonchev–Trinajstić information content (AvgIpc) is 2.78. The molecule has 0 N–H and O–H groups in total. The molecule has 0 aromatic heterocycles. The van der Waals surface area contributed by atoms with Crippen molar-refractivity contribution < 1.29 is 14.0 Å². The molecule has 3 rings (SSSR count). The fraction of sp³-hybridized carbons (Fsp3) is 0.143. The monoisotopic (exact) mass is 335 g/mol. The molecular formula is C21H18FNO2. The molecule has 25 heavy (non-hydrogen) atoms. The third-order valence-corrected chi connectivity index (χ3v) is 4.49. The van der Waals surface area contributed by atoms with E-state index in [9.17, 15) is 14.0 Å². The first kappa shape index (κ1) is 16.8. The van der Waals surface area contributed by atoms with Crippen LogP contribution < -0.4 is 4.90 Å². The molecule has 2 aromatic carbocycles. The molecule has 2 aromatic rings. The summed E-state index contributed by atoms with van der Waals surface area (Å²) in [5.41, 5.74) is 4.00. The summed E-state index contributed by atoms with van der Waals surface area (Å²) in [4.78, 5) is 27.3. The summed E-state index contributed by atoms with van der Waals surface area (Å²) in [7, 11) is 0. The van der Waals surface area contributed by atoms with Crippen molar-refractivity contribution in [3.05, 3.63) is 88.4 Å². The van der Waals surface area contributed by atoms with Gasteiger partial charge in [-0.25, -0.2) is 4.39 Å². The minimum atomic E-state index is -0.429. The van der Waals surface area contributed by atoms with Crippen molar-refractivity contribution >= 4 is 17.4 Å². The molecule has 0 spiro atoms. The van der Waals surface area contributed by atoms with Gasteiger partial charge in [0.1, 0.15) is 5.82 Å². The summed E-state index contributed by atoms with van der Waals surface area (Å²) in [6.45, 7) is 9.54. The Morgan fingerprint density at radius 2 is 1.56 bits per heavy atom. The van der Waals surface area contributed by atoms with Crippen LogP contribution in [0.1, 0.15) is 28.4 Å². The van der Waals surface area contributed by atoms with Crippen LogP contribution >= 0.6 is 0 Å². The number of hydrogen-bond donors (Lipinski definition) is 0. The number of ketones is 1. The van der Waals surface area contributed by atoms with Crippen LogP contribution in [0, 0.1) is 19.7 Å². The minimum Gasteiger partial charge on any atom is -0.288 e. The van der Waals surface area contributed by atoms with Gasteiger partial charge in [0, 0.05) is 11.3 Å². The van der Waals surface area contributed by atoms with Crippen LogP contribution in [-0.2, 0) is 4.79 Å². The van der Waals surface area contributed by atoms with E-state index < -0.39 is 17.5 Å². The lowest BCUT2D eigenvalue weighted by Crippen LogP contribution is -2.28. The van der Waals surface area contributed by atoms with E-state index in [1.165, 1.54) is 29.2 Å². The fourth-order valence-electron chi connectivity index (χ4n) is 3.11. The second-order valence-corrected chi connectivity index (χ2v) is 6.16. The Morgan fingerprint density at radius 1 is 1.00 bits per heavy atom. The van der Waals surface area contributed by atoms with E-state index in [-0.39, 0.29) is 11.1 Å². The van der Waals surface area contributed by atoms with Crippen LogP contribution in [0.2, 0.25) is 0 Å². The molecule has 0 saturated heterocycles. The lowest BCUT2D eigenvalue weighted by molar-refractivity contribution is -0.114. The Labute approximate surface area is 146 Å². The number of halogens is 1. The van der Waals surface area contributed by atoms with E-state index in [1.54, 1.807) is 6.92 Å². The minimum absolute atomic E-state index is 0.0826. The van der Waals surface area contributed by atoms with Crippen molar-refractivity contribution in [2.75, 3.05) is 4.90 Å². The maximum atomic E-state index is 13.1. The number of nitrogens with zero attached hydrogens (tertiary/aromatic N) is 1. The lowest BCUT2D eigenvalue weighted by Gasteiger charge is -2.23. The van der Waals surface area contributed by atoms with Gasteiger partial charge in [-0.1, -0.05) is 24.8 Å². The largest absolute Gasteiger partial charge is 0.288 e. The molecule has 0 bridgehead atoms. The number of rotatable bonds is 3. The number of anilines is 1. The highest BCUT2D eigenvalue weighted by molar-refractivity contribution is 6.33. The Balaban J connectivity index is 2.06. The van der Waals surface area contributed by atoms with Crippen LogP contribution in [0.3, 0.4) is 0 Å². The maximum Gasteiger partial charge on any atom is 0.267 e. The third-order valence-electron chi connectivity index (χ3n) is 4.49. The van der Waals surface area contributed by atoms with E-state index in [0.29, 0.717) is 11.3 Å². The zero-order valence-corrected chi connectivity index (χ0v) is 14.4. The Kier molecular flexibility index (Phi) is 4.13. The van der Waals surface area contributed by atoms with Crippen LogP contribution in [0.5, 0.6) is 0 Å². The smallest absolute Gasteiger partial charge is 0.267 e. The fourth-order valence-corrected chi connectivity index (χ4v) is 3.11. The van der Waals surface area contributed by atoms with Crippen LogP contribution in [0.15, 0.2) is 65.9 Å². The lowest BCUT2D eigenvalue weighted by atomic mass is 10.00. The summed E-state index contributed by atoms with van der Waals surface area (Å²) in [5, 5.41) is 0. The van der Waals surface area contributed by atoms with Gasteiger partial charge in [0.05, 0.1) is 11.3 Å². The van der Waals surface area contributed by atoms with Gasteiger partial charge in [0.15, 0.2) is 5.78 Å². The summed E-state index contributed by atoms with van der Waals surface area (Å²) in [6, 6.07) is 10.9. The molecule has 0 fully saturated rings. The molecule has 0 saturated carbocycles. The SMILES string of the molecule is C=C1C(C)=C(C(=O)c2ccc(F)cc2)C(=O)N1c1c(C)cccc1C. The van der Waals surface area contributed by atoms with E-state index in [0.717, 1.165) is 16.8 Å². The number of Topliss-reactive ketones (excluding diaryl/α,β-unsaturated/α-hetero) is 1. The quantitative estimate of drug-likeness (QED) is 0.612. The first-order valence-corrected chi connectivity index (χ1v) is 7.94. The van der Waals surface area contributed by atoms with Gasteiger partial charge in [0.2, 0.25) is 0 Å². The van der Waals surface area contributed by atoms with Gasteiger partial charge < -0.3 is 0 Å². The highest BCUT2D eigenvalue weighted by atomic mass is 19.1. The standard InChI is InChI=1S/C21H18FNO2/c1-12-6-5-7-13(2)19(12)23-15(4)14(3)18(21(23)25)20(24)16-8-10-17(22)11-9-16/h5-11H,4H2,1-3H3. The zero-order valence-electron chi connectivity index (χ0n) is 14.4. The van der Waals surface area contributed by atoms with Gasteiger partial charge in [-0.05, 0) is 61.7 Å². The van der Waals surface area contributed by atoms with Crippen molar-refractivity contribution in [1.29, 1.82) is 0 Å². The predicted molar refractivity (Wildman–Crippen MR) is 96.0 cm³/mol. The molecule has 0 atom stereocenters. The number of carbonyl (C=O) groups excluding carboxylic acids is 2. The van der Waals surface area contributed by atoms with E-state index in [4.69, 9.17) is 0 Å². The molecule has 0 radical (unpaired) electrons. The first-order chi connectivity index (χ1) is 11.8. The van der Waals surface area contributed by atoms with Gasteiger partial charge >= 0.3 is 0 Å². The third kappa shape index (κ3) is 2.70. The van der Waals surface area contributed by atoms with Crippen molar-refractivity contribution in [1.82, 2.24) is 0 Å². The predicted octanol–water partition coefficient (Wildman–Crippen LogP) is 4.50. The molecule has 126 valence electrons. The van der Waals surface area contributed by atoms with Crippen LogP contribution in [-0.4, -0.2) is 11.7 Å². The van der Waals surface area contributed by atoms with Gasteiger partial charge in [-0.15, -0.1) is 0 Å². The summed E-state index contributed by atoms with van der Waals surface area (Å²) in [5.74, 6) is -1.24. The zero-order chi connectivity index (χ0) is 18.3. The maximum absolute atomic E-state index is 13.1. The second-order valence-electron chi connectivity index (χ2n) is 6.16. The van der Waals surface area contributed by atoms with Crippen molar-refractivity contribution in [3.63, 3.8) is 0 Å². The molecule has 3 nitrogen and oxygen atoms in total. The number of benzene rings is 2. The van der Waals surface area contributed by atoms with Crippen molar-refractivity contribution in [2.45, 2.75) is 20.8 Å². The number of carbonyl (C=O) groups is 2. The summed E-state index contributed by atoms with van der Waals surface area (Å²) >= 11 is 0. The molecule has 4 heteroatoms. The van der Waals surface area contributed by atoms with Crippen LogP contribution in [0.4, 0.5) is 10.1 Å². The first-order valence-electron chi connectivity index (χ1n) is 7.94. The Morgan fingerprint density at radius 3 is 2.12 bits per heavy atom. The van der Waals surface area contributed by atoms with Gasteiger partial charge in [-0.3, -0.25) is 14.5 Å². The van der Waals surface area contributed by atoms with Crippen molar-refractivity contribution in [2.24, 2.45) is 0 Å². The van der Waals surface area contributed by atoms with E-state index >= 15 is 0 Å². The topological polar surface area (TPSA) is 37.4 Å². The number of para-hydroxylation sites is 1. The Bertz CT molecular complexity index is 919. The average molecular weight is 335 g/mol. The molecule has 1 amide bonds. The Hall–Kier alpha value is -3.01. The number of allylic oxidation sites excluding steroid dienone is 1. The van der Waals surface area contributed by atoms with Crippen molar-refractivity contribution in [3.8, 4) is 0 Å².